The van der Waals surface area contributed by atoms with Crippen molar-refractivity contribution in [3.63, 3.8) is 0 Å². The average Bonchev–Trinajstić information content (AvgIpc) is 3.46. The smallest absolute Gasteiger partial charge is 0.217 e. The summed E-state index contributed by atoms with van der Waals surface area (Å²) in [6.07, 6.45) is 8.28. The fourth-order valence-electron chi connectivity index (χ4n) is 5.36. The average molecular weight is 435 g/mol. The van der Waals surface area contributed by atoms with Crippen molar-refractivity contribution in [1.29, 1.82) is 0 Å². The Kier molecular flexibility index (Phi) is 5.40. The predicted molar refractivity (Wildman–Crippen MR) is 114 cm³/mol. The molecule has 30 heavy (non-hydrogen) atoms. The Bertz CT molecular complexity index is 989. The van der Waals surface area contributed by atoms with Crippen molar-refractivity contribution in [1.82, 2.24) is 23.8 Å². The molecule has 2 atom stereocenters. The van der Waals surface area contributed by atoms with Crippen molar-refractivity contribution in [3.05, 3.63) is 12.7 Å². The van der Waals surface area contributed by atoms with Gasteiger partial charge in [0.05, 0.1) is 18.2 Å². The van der Waals surface area contributed by atoms with Crippen LogP contribution in [0.15, 0.2) is 12.7 Å². The van der Waals surface area contributed by atoms with E-state index in [4.69, 9.17) is 4.74 Å². The molecule has 4 heterocycles. The van der Waals surface area contributed by atoms with E-state index < -0.39 is 10.0 Å². The van der Waals surface area contributed by atoms with E-state index in [2.05, 4.69) is 19.9 Å². The Morgan fingerprint density at radius 3 is 2.47 bits per heavy atom. The topological polar surface area (TPSA) is 93.5 Å². The van der Waals surface area contributed by atoms with E-state index in [1.165, 1.54) is 6.42 Å². The molecule has 9 nitrogen and oxygen atoms in total. The van der Waals surface area contributed by atoms with Crippen molar-refractivity contribution < 1.29 is 13.2 Å². The number of imidazole rings is 1. The molecular weight excluding hydrogens is 404 g/mol. The van der Waals surface area contributed by atoms with Gasteiger partial charge in [-0.15, -0.1) is 0 Å². The maximum absolute atomic E-state index is 13.1. The predicted octanol–water partition coefficient (Wildman–Crippen LogP) is 1.50. The molecule has 0 radical (unpaired) electrons. The summed E-state index contributed by atoms with van der Waals surface area (Å²) in [5.41, 5.74) is 1.62. The Morgan fingerprint density at radius 2 is 1.77 bits per heavy atom. The van der Waals surface area contributed by atoms with Crippen LogP contribution in [0.2, 0.25) is 0 Å². The molecule has 0 bridgehead atoms. The SMILES string of the molecule is COCCn1cnc2c(N3CC4CN(S(=O)(=O)C5CCCCC5)CC4C3)ncnc21. The maximum atomic E-state index is 13.1. The summed E-state index contributed by atoms with van der Waals surface area (Å²) in [4.78, 5) is 15.8. The van der Waals surface area contributed by atoms with Gasteiger partial charge in [0.1, 0.15) is 6.33 Å². The van der Waals surface area contributed by atoms with Crippen LogP contribution in [0.5, 0.6) is 0 Å². The van der Waals surface area contributed by atoms with Gasteiger partial charge in [0, 0.05) is 39.8 Å². The molecule has 2 aliphatic heterocycles. The largest absolute Gasteiger partial charge is 0.383 e. The van der Waals surface area contributed by atoms with Crippen LogP contribution in [0.25, 0.3) is 11.2 Å². The first-order chi connectivity index (χ1) is 14.6. The summed E-state index contributed by atoms with van der Waals surface area (Å²) in [5.74, 6) is 1.56. The normalized spacial score (nSPS) is 26.0. The van der Waals surface area contributed by atoms with E-state index >= 15 is 0 Å². The molecular formula is C20H30N6O3S. The summed E-state index contributed by atoms with van der Waals surface area (Å²) in [6.45, 7) is 4.20. The zero-order chi connectivity index (χ0) is 20.7. The highest BCUT2D eigenvalue weighted by Gasteiger charge is 2.46. The van der Waals surface area contributed by atoms with E-state index in [9.17, 15) is 8.42 Å². The van der Waals surface area contributed by atoms with Crippen molar-refractivity contribution >= 4 is 27.0 Å². The number of ether oxygens (including phenoxy) is 1. The second-order valence-electron chi connectivity index (χ2n) is 8.85. The van der Waals surface area contributed by atoms with Crippen LogP contribution in [0, 0.1) is 11.8 Å². The van der Waals surface area contributed by atoms with Gasteiger partial charge in [0.2, 0.25) is 10.0 Å². The van der Waals surface area contributed by atoms with Gasteiger partial charge in [-0.2, -0.15) is 0 Å². The van der Waals surface area contributed by atoms with Crippen LogP contribution in [-0.4, -0.2) is 77.4 Å². The lowest BCUT2D eigenvalue weighted by Gasteiger charge is -2.28. The minimum Gasteiger partial charge on any atom is -0.383 e. The third kappa shape index (κ3) is 3.48. The number of aromatic nitrogens is 4. The quantitative estimate of drug-likeness (QED) is 0.680. The van der Waals surface area contributed by atoms with Gasteiger partial charge in [-0.1, -0.05) is 19.3 Å². The molecule has 2 aromatic heterocycles. The number of rotatable bonds is 6. The first-order valence-electron chi connectivity index (χ1n) is 11.0. The molecule has 3 fully saturated rings. The fourth-order valence-corrected chi connectivity index (χ4v) is 7.51. The molecule has 3 aliphatic rings. The van der Waals surface area contributed by atoms with Crippen molar-refractivity contribution in [2.45, 2.75) is 43.9 Å². The van der Waals surface area contributed by atoms with E-state index in [1.54, 1.807) is 24.1 Å². The van der Waals surface area contributed by atoms with E-state index in [0.29, 0.717) is 38.1 Å². The van der Waals surface area contributed by atoms with Gasteiger partial charge < -0.3 is 14.2 Å². The van der Waals surface area contributed by atoms with Gasteiger partial charge in [-0.05, 0) is 24.7 Å². The lowest BCUT2D eigenvalue weighted by Crippen LogP contribution is -2.40. The Morgan fingerprint density at radius 1 is 1.03 bits per heavy atom. The summed E-state index contributed by atoms with van der Waals surface area (Å²) in [7, 11) is -1.48. The Hall–Kier alpha value is -1.78. The van der Waals surface area contributed by atoms with Gasteiger partial charge in [0.25, 0.3) is 0 Å². The van der Waals surface area contributed by atoms with Crippen molar-refractivity contribution in [2.24, 2.45) is 11.8 Å². The summed E-state index contributed by atoms with van der Waals surface area (Å²) < 4.78 is 35.1. The van der Waals surface area contributed by atoms with Crippen LogP contribution < -0.4 is 4.90 Å². The van der Waals surface area contributed by atoms with Gasteiger partial charge in [-0.25, -0.2) is 27.7 Å². The second kappa shape index (κ2) is 8.05. The Balaban J connectivity index is 1.30. The van der Waals surface area contributed by atoms with Crippen molar-refractivity contribution in [3.8, 4) is 0 Å². The number of anilines is 1. The molecule has 2 saturated heterocycles. The standard InChI is InChI=1S/C20H30N6O3S/c1-29-8-7-24-14-23-18-19(24)21-13-22-20(18)25-9-15-11-26(12-16(15)10-25)30(27,28)17-5-3-2-4-6-17/h13-17H,2-12H2,1H3. The number of fused-ring (bicyclic) bond motifs is 2. The third-order valence-corrected chi connectivity index (χ3v) is 9.34. The number of hydrogen-bond donors (Lipinski definition) is 0. The minimum atomic E-state index is -3.16. The van der Waals surface area contributed by atoms with E-state index in [-0.39, 0.29) is 5.25 Å². The van der Waals surface area contributed by atoms with Crippen LogP contribution >= 0.6 is 0 Å². The number of sulfonamides is 1. The minimum absolute atomic E-state index is 0.168. The molecule has 0 N–H and O–H groups in total. The summed E-state index contributed by atoms with van der Waals surface area (Å²) in [6, 6.07) is 0. The summed E-state index contributed by atoms with van der Waals surface area (Å²) in [5, 5.41) is -0.168. The first-order valence-corrected chi connectivity index (χ1v) is 12.5. The lowest BCUT2D eigenvalue weighted by atomic mass is 10.0. The lowest BCUT2D eigenvalue weighted by molar-refractivity contribution is 0.188. The highest BCUT2D eigenvalue weighted by atomic mass is 32.2. The van der Waals surface area contributed by atoms with Crippen molar-refractivity contribution in [2.75, 3.05) is 44.8 Å². The Labute approximate surface area is 177 Å². The highest BCUT2D eigenvalue weighted by molar-refractivity contribution is 7.89. The molecule has 1 aliphatic carbocycles. The second-order valence-corrected chi connectivity index (χ2v) is 11.1. The zero-order valence-electron chi connectivity index (χ0n) is 17.5. The molecule has 2 unspecified atom stereocenters. The molecule has 164 valence electrons. The molecule has 0 spiro atoms. The number of hydrogen-bond acceptors (Lipinski definition) is 7. The monoisotopic (exact) mass is 434 g/mol. The van der Waals surface area contributed by atoms with Gasteiger partial charge in [0.15, 0.2) is 17.0 Å². The molecule has 0 amide bonds. The zero-order valence-corrected chi connectivity index (χ0v) is 18.3. The van der Waals surface area contributed by atoms with Crippen LogP contribution in [-0.2, 0) is 21.3 Å². The molecule has 0 aromatic carbocycles. The fraction of sp³-hybridized carbons (Fsp3) is 0.750. The van der Waals surface area contributed by atoms with Gasteiger partial charge in [-0.3, -0.25) is 0 Å². The van der Waals surface area contributed by atoms with Crippen LogP contribution in [0.3, 0.4) is 0 Å². The third-order valence-electron chi connectivity index (χ3n) is 7.00. The van der Waals surface area contributed by atoms with Crippen LogP contribution in [0.1, 0.15) is 32.1 Å². The molecule has 2 aromatic rings. The first kappa shape index (κ1) is 20.1. The van der Waals surface area contributed by atoms with E-state index in [0.717, 1.165) is 55.8 Å². The molecule has 1 saturated carbocycles. The van der Waals surface area contributed by atoms with Crippen LogP contribution in [0.4, 0.5) is 5.82 Å². The maximum Gasteiger partial charge on any atom is 0.217 e. The highest BCUT2D eigenvalue weighted by Crippen LogP contribution is 2.38. The number of methoxy groups -OCH3 is 1. The van der Waals surface area contributed by atoms with E-state index in [1.807, 2.05) is 4.57 Å². The number of nitrogens with zero attached hydrogens (tertiary/aromatic N) is 6. The van der Waals surface area contributed by atoms with Gasteiger partial charge >= 0.3 is 0 Å². The molecule has 10 heteroatoms. The molecule has 5 rings (SSSR count). The summed E-state index contributed by atoms with van der Waals surface area (Å²) >= 11 is 0.